The van der Waals surface area contributed by atoms with Crippen LogP contribution >= 0.6 is 0 Å². The molecule has 130 valence electrons. The van der Waals surface area contributed by atoms with Gasteiger partial charge in [0.25, 0.3) is 0 Å². The second-order valence-electron chi connectivity index (χ2n) is 6.96. The number of rotatable bonds is 3. The van der Waals surface area contributed by atoms with Gasteiger partial charge < -0.3 is 14.5 Å². The SMILES string of the molecule is Cc1noc(C)c1-c1cc(-c2ccncc2C2CC2)c2[nH]c(=O)[nH]c2c1. The average Bonchev–Trinajstić information content (AvgIpc) is 3.33. The third-order valence-corrected chi connectivity index (χ3v) is 5.11. The molecule has 1 fully saturated rings. The average molecular weight is 346 g/mol. The van der Waals surface area contributed by atoms with E-state index in [1.54, 1.807) is 6.20 Å². The van der Waals surface area contributed by atoms with Crippen LogP contribution in [0.4, 0.5) is 0 Å². The van der Waals surface area contributed by atoms with Crippen molar-refractivity contribution in [3.8, 4) is 22.3 Å². The summed E-state index contributed by atoms with van der Waals surface area (Å²) < 4.78 is 5.34. The van der Waals surface area contributed by atoms with Crippen molar-refractivity contribution >= 4 is 11.0 Å². The molecule has 6 nitrogen and oxygen atoms in total. The van der Waals surface area contributed by atoms with E-state index in [-0.39, 0.29) is 5.69 Å². The largest absolute Gasteiger partial charge is 0.361 e. The first-order valence-electron chi connectivity index (χ1n) is 8.75. The summed E-state index contributed by atoms with van der Waals surface area (Å²) in [5.74, 6) is 1.32. The lowest BCUT2D eigenvalue weighted by atomic mass is 9.93. The van der Waals surface area contributed by atoms with E-state index in [0.717, 1.165) is 44.7 Å². The molecule has 1 aromatic carbocycles. The Morgan fingerprint density at radius 1 is 1.15 bits per heavy atom. The van der Waals surface area contributed by atoms with Gasteiger partial charge >= 0.3 is 5.69 Å². The van der Waals surface area contributed by atoms with Crippen molar-refractivity contribution in [3.05, 3.63) is 58.1 Å². The Balaban J connectivity index is 1.83. The summed E-state index contributed by atoms with van der Waals surface area (Å²) in [6.45, 7) is 3.83. The standard InChI is InChI=1S/C20H18N4O2/c1-10-18(11(2)26-24-10)13-7-15(19-17(8-13)22-20(25)23-19)14-5-6-21-9-16(14)12-3-4-12/h5-9,12H,3-4H2,1-2H3,(H2,22,23,25). The van der Waals surface area contributed by atoms with Gasteiger partial charge in [0.15, 0.2) is 0 Å². The molecule has 0 aliphatic heterocycles. The molecular formula is C20H18N4O2. The smallest absolute Gasteiger partial charge is 0.323 e. The first-order chi connectivity index (χ1) is 12.6. The predicted octanol–water partition coefficient (Wildman–Crippen LogP) is 4.07. The number of hydrogen-bond acceptors (Lipinski definition) is 4. The van der Waals surface area contributed by atoms with Gasteiger partial charge in [-0.25, -0.2) is 4.79 Å². The van der Waals surface area contributed by atoms with E-state index in [4.69, 9.17) is 4.52 Å². The van der Waals surface area contributed by atoms with Crippen LogP contribution in [-0.2, 0) is 0 Å². The molecule has 0 saturated heterocycles. The van der Waals surface area contributed by atoms with Crippen LogP contribution in [0.3, 0.4) is 0 Å². The molecule has 0 amide bonds. The lowest BCUT2D eigenvalue weighted by Crippen LogP contribution is -1.99. The molecule has 3 aromatic heterocycles. The van der Waals surface area contributed by atoms with Crippen molar-refractivity contribution in [1.29, 1.82) is 0 Å². The minimum absolute atomic E-state index is 0.209. The summed E-state index contributed by atoms with van der Waals surface area (Å²) in [5.41, 5.74) is 7.54. The van der Waals surface area contributed by atoms with Crippen LogP contribution in [0.5, 0.6) is 0 Å². The van der Waals surface area contributed by atoms with E-state index < -0.39 is 0 Å². The number of benzene rings is 1. The van der Waals surface area contributed by atoms with Gasteiger partial charge in [0.05, 0.1) is 16.7 Å². The highest BCUT2D eigenvalue weighted by molar-refractivity contribution is 5.97. The summed E-state index contributed by atoms with van der Waals surface area (Å²) in [7, 11) is 0. The maximum Gasteiger partial charge on any atom is 0.323 e. The van der Waals surface area contributed by atoms with Crippen molar-refractivity contribution in [2.24, 2.45) is 0 Å². The monoisotopic (exact) mass is 346 g/mol. The van der Waals surface area contributed by atoms with E-state index in [1.165, 1.54) is 18.4 Å². The minimum Gasteiger partial charge on any atom is -0.361 e. The molecule has 0 radical (unpaired) electrons. The Bertz CT molecular complexity index is 1170. The molecule has 1 aliphatic rings. The van der Waals surface area contributed by atoms with Gasteiger partial charge in [-0.2, -0.15) is 0 Å². The molecule has 3 heterocycles. The maximum atomic E-state index is 12.0. The number of nitrogens with one attached hydrogen (secondary N) is 2. The predicted molar refractivity (Wildman–Crippen MR) is 99.1 cm³/mol. The number of nitrogens with zero attached hydrogens (tertiary/aromatic N) is 2. The lowest BCUT2D eigenvalue weighted by Gasteiger charge is -2.11. The molecule has 1 aliphatic carbocycles. The quantitative estimate of drug-likeness (QED) is 0.585. The first kappa shape index (κ1) is 15.1. The zero-order valence-electron chi connectivity index (χ0n) is 14.6. The van der Waals surface area contributed by atoms with Crippen LogP contribution in [-0.4, -0.2) is 20.1 Å². The Hall–Kier alpha value is -3.15. The summed E-state index contributed by atoms with van der Waals surface area (Å²) in [4.78, 5) is 22.1. The Kier molecular flexibility index (Phi) is 3.16. The van der Waals surface area contributed by atoms with E-state index >= 15 is 0 Å². The van der Waals surface area contributed by atoms with Crippen LogP contribution in [0.15, 0.2) is 39.9 Å². The van der Waals surface area contributed by atoms with Gasteiger partial charge in [-0.15, -0.1) is 0 Å². The van der Waals surface area contributed by atoms with E-state index in [1.807, 2.05) is 32.2 Å². The van der Waals surface area contributed by atoms with Crippen molar-refractivity contribution in [1.82, 2.24) is 20.1 Å². The zero-order valence-corrected chi connectivity index (χ0v) is 14.6. The summed E-state index contributed by atoms with van der Waals surface area (Å²) >= 11 is 0. The number of fused-ring (bicyclic) bond motifs is 1. The summed E-state index contributed by atoms with van der Waals surface area (Å²) in [6.07, 6.45) is 6.14. The normalized spacial score (nSPS) is 14.2. The van der Waals surface area contributed by atoms with Crippen LogP contribution < -0.4 is 5.69 Å². The molecule has 0 atom stereocenters. The molecule has 0 spiro atoms. The second-order valence-corrected chi connectivity index (χ2v) is 6.96. The Morgan fingerprint density at radius 3 is 2.73 bits per heavy atom. The fourth-order valence-electron chi connectivity index (χ4n) is 3.77. The van der Waals surface area contributed by atoms with Crippen molar-refractivity contribution < 1.29 is 4.52 Å². The minimum atomic E-state index is -0.209. The van der Waals surface area contributed by atoms with E-state index in [0.29, 0.717) is 5.92 Å². The van der Waals surface area contributed by atoms with Gasteiger partial charge in [0.1, 0.15) is 5.76 Å². The van der Waals surface area contributed by atoms with E-state index in [2.05, 4.69) is 26.2 Å². The fraction of sp³-hybridized carbons (Fsp3) is 0.250. The first-order valence-corrected chi connectivity index (χ1v) is 8.75. The van der Waals surface area contributed by atoms with Gasteiger partial charge in [-0.05, 0) is 67.5 Å². The Labute approximate surface area is 149 Å². The molecule has 2 N–H and O–H groups in total. The lowest BCUT2D eigenvalue weighted by molar-refractivity contribution is 0.393. The molecule has 1 saturated carbocycles. The van der Waals surface area contributed by atoms with E-state index in [9.17, 15) is 4.79 Å². The van der Waals surface area contributed by atoms with Gasteiger partial charge in [0.2, 0.25) is 0 Å². The number of H-pyrrole nitrogens is 2. The second kappa shape index (κ2) is 5.42. The number of aromatic amines is 2. The topological polar surface area (TPSA) is 87.6 Å². The molecule has 4 aromatic rings. The number of pyridine rings is 1. The van der Waals surface area contributed by atoms with Crippen LogP contribution in [0.2, 0.25) is 0 Å². The highest BCUT2D eigenvalue weighted by atomic mass is 16.5. The van der Waals surface area contributed by atoms with Gasteiger partial charge in [-0.1, -0.05) is 5.16 Å². The molecule has 0 bridgehead atoms. The third-order valence-electron chi connectivity index (χ3n) is 5.11. The maximum absolute atomic E-state index is 12.0. The number of hydrogen-bond donors (Lipinski definition) is 2. The van der Waals surface area contributed by atoms with Crippen LogP contribution in [0.1, 0.15) is 35.8 Å². The van der Waals surface area contributed by atoms with Gasteiger partial charge in [0, 0.05) is 23.5 Å². The number of aromatic nitrogens is 4. The highest BCUT2D eigenvalue weighted by Gasteiger charge is 2.27. The molecule has 26 heavy (non-hydrogen) atoms. The highest BCUT2D eigenvalue weighted by Crippen LogP contribution is 2.45. The fourth-order valence-corrected chi connectivity index (χ4v) is 3.77. The summed E-state index contributed by atoms with van der Waals surface area (Å²) in [6, 6.07) is 6.12. The van der Waals surface area contributed by atoms with Gasteiger partial charge in [-0.3, -0.25) is 4.98 Å². The van der Waals surface area contributed by atoms with Crippen molar-refractivity contribution in [3.63, 3.8) is 0 Å². The molecule has 5 rings (SSSR count). The van der Waals surface area contributed by atoms with Crippen molar-refractivity contribution in [2.45, 2.75) is 32.6 Å². The molecule has 6 heteroatoms. The zero-order chi connectivity index (χ0) is 17.8. The van der Waals surface area contributed by atoms with Crippen LogP contribution in [0.25, 0.3) is 33.3 Å². The third kappa shape index (κ3) is 2.29. The van der Waals surface area contributed by atoms with Crippen molar-refractivity contribution in [2.75, 3.05) is 0 Å². The number of imidazole rings is 1. The molecular weight excluding hydrogens is 328 g/mol. The van der Waals surface area contributed by atoms with Crippen LogP contribution in [0, 0.1) is 13.8 Å². The molecule has 0 unspecified atom stereocenters. The summed E-state index contributed by atoms with van der Waals surface area (Å²) in [5, 5.41) is 4.07. The number of aryl methyl sites for hydroxylation is 2. The Morgan fingerprint density at radius 2 is 2.00 bits per heavy atom.